The van der Waals surface area contributed by atoms with Gasteiger partial charge in [0.2, 0.25) is 11.8 Å². The van der Waals surface area contributed by atoms with E-state index in [1.165, 1.54) is 32.9 Å². The molecule has 3 aromatic rings. The Labute approximate surface area is 217 Å². The van der Waals surface area contributed by atoms with Gasteiger partial charge >= 0.3 is 0 Å². The minimum absolute atomic E-state index is 0.0554. The van der Waals surface area contributed by atoms with Gasteiger partial charge < -0.3 is 15.1 Å². The number of hydrogen-bond donors (Lipinski definition) is 2. The Morgan fingerprint density at radius 3 is 1.92 bits per heavy atom. The molecular weight excluding hydrogens is 525 g/mol. The number of rotatable bonds is 4. The van der Waals surface area contributed by atoms with Crippen molar-refractivity contribution in [2.24, 2.45) is 10.8 Å². The maximum atomic E-state index is 15.4. The van der Waals surface area contributed by atoms with Crippen LogP contribution < -0.4 is 16.1 Å². The van der Waals surface area contributed by atoms with Crippen LogP contribution in [0.15, 0.2) is 38.4 Å². The zero-order chi connectivity index (χ0) is 29.0. The first-order chi connectivity index (χ1) is 17.2. The molecular formula is C26H27F3N2O6S. The largest absolute Gasteiger partial charge is 0.453 e. The first kappa shape index (κ1) is 28.9. The van der Waals surface area contributed by atoms with E-state index >= 15 is 8.78 Å². The van der Waals surface area contributed by atoms with Gasteiger partial charge in [0.25, 0.3) is 0 Å². The van der Waals surface area contributed by atoms with Crippen molar-refractivity contribution in [2.75, 3.05) is 16.9 Å². The van der Waals surface area contributed by atoms with Gasteiger partial charge in [0.1, 0.15) is 16.5 Å². The molecule has 2 aromatic carbocycles. The van der Waals surface area contributed by atoms with Crippen LogP contribution in [0.5, 0.6) is 0 Å². The quantitative estimate of drug-likeness (QED) is 0.456. The minimum Gasteiger partial charge on any atom is -0.453 e. The molecule has 0 unspecified atom stereocenters. The second-order valence-corrected chi connectivity index (χ2v) is 12.8. The van der Waals surface area contributed by atoms with Crippen LogP contribution in [0.3, 0.4) is 0 Å². The van der Waals surface area contributed by atoms with Crippen molar-refractivity contribution in [3.8, 4) is 11.3 Å². The molecule has 8 nitrogen and oxygen atoms in total. The molecule has 2 N–H and O–H groups in total. The third-order valence-corrected chi connectivity index (χ3v) is 6.59. The number of hydrogen-bond acceptors (Lipinski definition) is 6. The summed E-state index contributed by atoms with van der Waals surface area (Å²) in [6.07, 6.45) is 0.553. The molecule has 0 fully saturated rings. The molecule has 1 heterocycles. The molecule has 0 saturated heterocycles. The van der Waals surface area contributed by atoms with Crippen LogP contribution in [0.2, 0.25) is 0 Å². The number of anilines is 2. The lowest BCUT2D eigenvalue weighted by molar-refractivity contribution is -0.123. The van der Waals surface area contributed by atoms with Crippen molar-refractivity contribution in [1.82, 2.24) is 0 Å². The van der Waals surface area contributed by atoms with E-state index in [0.717, 1.165) is 12.1 Å². The first-order valence-electron chi connectivity index (χ1n) is 11.3. The number of sulfone groups is 1. The fraction of sp³-hybridized carbons (Fsp3) is 0.346. The smallest absolute Gasteiger partial charge is 0.229 e. The van der Waals surface area contributed by atoms with Crippen LogP contribution in [0.25, 0.3) is 22.3 Å². The molecule has 0 bridgehead atoms. The van der Waals surface area contributed by atoms with Gasteiger partial charge in [-0.2, -0.15) is 0 Å². The number of carbonyl (C=O) groups is 2. The number of fused-ring (bicyclic) bond motifs is 1. The topological polar surface area (TPSA) is 123 Å². The number of amides is 2. The van der Waals surface area contributed by atoms with Crippen molar-refractivity contribution in [3.63, 3.8) is 0 Å². The molecule has 0 spiro atoms. The molecule has 3 rings (SSSR count). The zero-order valence-corrected chi connectivity index (χ0v) is 22.6. The predicted octanol–water partition coefficient (Wildman–Crippen LogP) is 5.25. The van der Waals surface area contributed by atoms with E-state index in [1.807, 2.05) is 0 Å². The van der Waals surface area contributed by atoms with Gasteiger partial charge in [0, 0.05) is 28.7 Å². The monoisotopic (exact) mass is 552 g/mol. The van der Waals surface area contributed by atoms with E-state index in [-0.39, 0.29) is 17.0 Å². The van der Waals surface area contributed by atoms with E-state index in [2.05, 4.69) is 10.6 Å². The van der Waals surface area contributed by atoms with Crippen LogP contribution in [0, 0.1) is 28.3 Å². The van der Waals surface area contributed by atoms with Gasteiger partial charge in [-0.3, -0.25) is 14.4 Å². The average molecular weight is 553 g/mol. The summed E-state index contributed by atoms with van der Waals surface area (Å²) in [5.74, 6) is -5.82. The second-order valence-electron chi connectivity index (χ2n) is 10.9. The predicted molar refractivity (Wildman–Crippen MR) is 137 cm³/mol. The Morgan fingerprint density at radius 1 is 0.868 bits per heavy atom. The van der Waals surface area contributed by atoms with E-state index < -0.39 is 76.9 Å². The first-order valence-corrected chi connectivity index (χ1v) is 13.2. The molecule has 1 aromatic heterocycles. The summed E-state index contributed by atoms with van der Waals surface area (Å²) in [4.78, 5) is 36.4. The lowest BCUT2D eigenvalue weighted by Crippen LogP contribution is -2.29. The van der Waals surface area contributed by atoms with Gasteiger partial charge in [-0.1, -0.05) is 41.5 Å². The van der Waals surface area contributed by atoms with Gasteiger partial charge in [0.05, 0.1) is 16.8 Å². The van der Waals surface area contributed by atoms with Crippen LogP contribution in [-0.2, 0) is 19.4 Å². The van der Waals surface area contributed by atoms with Crippen molar-refractivity contribution in [2.45, 2.75) is 46.4 Å². The molecule has 38 heavy (non-hydrogen) atoms. The Balaban J connectivity index is 2.27. The number of benzene rings is 2. The van der Waals surface area contributed by atoms with Gasteiger partial charge in [-0.15, -0.1) is 0 Å². The average Bonchev–Trinajstić information content (AvgIpc) is 2.75. The molecule has 204 valence electrons. The molecule has 0 aliphatic heterocycles. The summed E-state index contributed by atoms with van der Waals surface area (Å²) in [5, 5.41) is 3.87. The third kappa shape index (κ3) is 5.59. The zero-order valence-electron chi connectivity index (χ0n) is 21.8. The standard InChI is InChI=1S/C26H27F3N2O6S/c1-25(2,3)23(33)30-14-9-8-12(10-13(14)27)16-11-15(32)17-20(31-24(34)26(4,5)6)18(28)22(38(7,35)36)19(29)21(17)37-16/h8-11H,1-7H3,(H,30,33)(H,31,34). The highest BCUT2D eigenvalue weighted by Gasteiger charge is 2.32. The van der Waals surface area contributed by atoms with Gasteiger partial charge in [-0.25, -0.2) is 21.6 Å². The highest BCUT2D eigenvalue weighted by molar-refractivity contribution is 7.90. The van der Waals surface area contributed by atoms with Crippen LogP contribution >= 0.6 is 0 Å². The lowest BCUT2D eigenvalue weighted by atomic mass is 9.95. The molecule has 12 heteroatoms. The highest BCUT2D eigenvalue weighted by atomic mass is 32.2. The molecule has 0 atom stereocenters. The van der Waals surface area contributed by atoms with E-state index in [0.29, 0.717) is 6.26 Å². The maximum Gasteiger partial charge on any atom is 0.229 e. The van der Waals surface area contributed by atoms with E-state index in [1.54, 1.807) is 20.8 Å². The fourth-order valence-corrected chi connectivity index (χ4v) is 4.12. The molecule has 2 amide bonds. The normalized spacial score (nSPS) is 12.5. The van der Waals surface area contributed by atoms with Crippen molar-refractivity contribution >= 4 is 44.0 Å². The molecule has 0 radical (unpaired) electrons. The molecule has 0 saturated carbocycles. The molecule has 0 aliphatic rings. The Hall–Kier alpha value is -3.67. The van der Waals surface area contributed by atoms with Crippen LogP contribution in [-0.4, -0.2) is 26.5 Å². The number of halogens is 3. The summed E-state index contributed by atoms with van der Waals surface area (Å²) in [7, 11) is -4.54. The summed E-state index contributed by atoms with van der Waals surface area (Å²) >= 11 is 0. The SMILES string of the molecule is CC(C)(C)C(=O)Nc1ccc(-c2cc(=O)c3c(NC(=O)C(C)(C)C)c(F)c(S(C)(=O)=O)c(F)c3o2)cc1F. The van der Waals surface area contributed by atoms with Crippen LogP contribution in [0.4, 0.5) is 24.5 Å². The maximum absolute atomic E-state index is 15.4. The second kappa shape index (κ2) is 9.57. The molecule has 0 aliphatic carbocycles. The van der Waals surface area contributed by atoms with Crippen LogP contribution in [0.1, 0.15) is 41.5 Å². The van der Waals surface area contributed by atoms with Gasteiger partial charge in [0.15, 0.2) is 32.5 Å². The van der Waals surface area contributed by atoms with E-state index in [4.69, 9.17) is 4.42 Å². The Kier molecular flexibility index (Phi) is 7.28. The van der Waals surface area contributed by atoms with Crippen molar-refractivity contribution in [3.05, 3.63) is 51.9 Å². The third-order valence-electron chi connectivity index (χ3n) is 5.49. The lowest BCUT2D eigenvalue weighted by Gasteiger charge is -2.20. The Bertz CT molecular complexity index is 1650. The number of nitrogens with one attached hydrogen (secondary N) is 2. The minimum atomic E-state index is -4.54. The Morgan fingerprint density at radius 2 is 1.42 bits per heavy atom. The van der Waals surface area contributed by atoms with Gasteiger partial charge in [-0.05, 0) is 18.2 Å². The summed E-state index contributed by atoms with van der Waals surface area (Å²) in [5.41, 5.74) is -4.91. The van der Waals surface area contributed by atoms with Crippen molar-refractivity contribution in [1.29, 1.82) is 0 Å². The van der Waals surface area contributed by atoms with E-state index in [9.17, 15) is 27.2 Å². The summed E-state index contributed by atoms with van der Waals surface area (Å²) in [6.45, 7) is 9.39. The van der Waals surface area contributed by atoms with Crippen molar-refractivity contribution < 1.29 is 35.6 Å². The number of carbonyl (C=O) groups excluding carboxylic acids is 2. The summed E-state index contributed by atoms with van der Waals surface area (Å²) in [6, 6.07) is 4.24. The summed E-state index contributed by atoms with van der Waals surface area (Å²) < 4.78 is 75.4. The fourth-order valence-electron chi connectivity index (χ4n) is 3.27. The highest BCUT2D eigenvalue weighted by Crippen LogP contribution is 2.36.